The summed E-state index contributed by atoms with van der Waals surface area (Å²) in [7, 11) is 1.55. The lowest BCUT2D eigenvalue weighted by atomic mass is 10.0. The first-order valence-corrected chi connectivity index (χ1v) is 6.84. The van der Waals surface area contributed by atoms with Crippen molar-refractivity contribution in [2.24, 2.45) is 0 Å². The molecule has 1 unspecified atom stereocenters. The van der Waals surface area contributed by atoms with E-state index in [1.54, 1.807) is 49.6 Å². The minimum absolute atomic E-state index is 0.345. The van der Waals surface area contributed by atoms with Crippen LogP contribution in [0.15, 0.2) is 54.6 Å². The van der Waals surface area contributed by atoms with Gasteiger partial charge in [0.15, 0.2) is 0 Å². The predicted molar refractivity (Wildman–Crippen MR) is 77.9 cm³/mol. The zero-order valence-electron chi connectivity index (χ0n) is 12.1. The van der Waals surface area contributed by atoms with Gasteiger partial charge in [0.2, 0.25) is 0 Å². The first-order valence-electron chi connectivity index (χ1n) is 6.84. The minimum atomic E-state index is -4.35. The van der Waals surface area contributed by atoms with Crippen LogP contribution in [0.25, 0.3) is 0 Å². The Labute approximate surface area is 127 Å². The van der Waals surface area contributed by atoms with Gasteiger partial charge in [0.25, 0.3) is 0 Å². The van der Waals surface area contributed by atoms with Crippen molar-refractivity contribution < 1.29 is 22.6 Å². The van der Waals surface area contributed by atoms with E-state index >= 15 is 0 Å². The van der Waals surface area contributed by atoms with Crippen LogP contribution in [-0.2, 0) is 11.2 Å². The number of ether oxygens (including phenoxy) is 2. The molecule has 2 rings (SSSR count). The zero-order chi connectivity index (χ0) is 16.0. The Kier molecular flexibility index (Phi) is 5.44. The van der Waals surface area contributed by atoms with Crippen LogP contribution in [-0.4, -0.2) is 19.9 Å². The fourth-order valence-electron chi connectivity index (χ4n) is 2.15. The van der Waals surface area contributed by atoms with Gasteiger partial charge in [0, 0.05) is 6.42 Å². The summed E-state index contributed by atoms with van der Waals surface area (Å²) in [4.78, 5) is 0. The molecule has 0 N–H and O–H groups in total. The topological polar surface area (TPSA) is 18.5 Å². The second kappa shape index (κ2) is 7.31. The Morgan fingerprint density at radius 2 is 1.73 bits per heavy atom. The summed E-state index contributed by atoms with van der Waals surface area (Å²) < 4.78 is 47.6. The van der Waals surface area contributed by atoms with Gasteiger partial charge in [-0.3, -0.25) is 0 Å². The molecule has 0 spiro atoms. The monoisotopic (exact) mass is 310 g/mol. The van der Waals surface area contributed by atoms with Gasteiger partial charge in [-0.1, -0.05) is 42.5 Å². The number of hydrogen-bond acceptors (Lipinski definition) is 2. The van der Waals surface area contributed by atoms with E-state index in [1.807, 2.05) is 12.1 Å². The van der Waals surface area contributed by atoms with Gasteiger partial charge >= 0.3 is 6.18 Å². The van der Waals surface area contributed by atoms with Gasteiger partial charge < -0.3 is 9.47 Å². The maximum absolute atomic E-state index is 12.4. The van der Waals surface area contributed by atoms with E-state index < -0.39 is 18.9 Å². The Morgan fingerprint density at radius 3 is 2.36 bits per heavy atom. The molecule has 1 atom stereocenters. The van der Waals surface area contributed by atoms with Gasteiger partial charge in [0.05, 0.1) is 13.2 Å². The molecule has 2 aromatic carbocycles. The van der Waals surface area contributed by atoms with Crippen molar-refractivity contribution in [2.45, 2.75) is 18.7 Å². The van der Waals surface area contributed by atoms with Gasteiger partial charge in [-0.05, 0) is 23.3 Å². The second-order valence-corrected chi connectivity index (χ2v) is 4.88. The van der Waals surface area contributed by atoms with Crippen LogP contribution in [0.4, 0.5) is 13.2 Å². The SMILES string of the molecule is COc1cccc(CC(OCC(F)(F)F)c2ccccc2)c1. The molecule has 0 bridgehead atoms. The summed E-state index contributed by atoms with van der Waals surface area (Å²) in [6.07, 6.45) is -4.66. The number of rotatable bonds is 6. The fourth-order valence-corrected chi connectivity index (χ4v) is 2.15. The molecule has 2 aromatic rings. The number of alkyl halides is 3. The summed E-state index contributed by atoms with van der Waals surface area (Å²) in [6, 6.07) is 16.1. The van der Waals surface area contributed by atoms with E-state index in [4.69, 9.17) is 9.47 Å². The molecule has 118 valence electrons. The van der Waals surface area contributed by atoms with Crippen LogP contribution in [0.3, 0.4) is 0 Å². The van der Waals surface area contributed by atoms with Gasteiger partial charge in [-0.25, -0.2) is 0 Å². The third-order valence-electron chi connectivity index (χ3n) is 3.17. The standard InChI is InChI=1S/C17H17F3O2/c1-21-15-9-5-6-13(10-15)11-16(22-12-17(18,19)20)14-7-3-2-4-8-14/h2-10,16H,11-12H2,1H3. The van der Waals surface area contributed by atoms with E-state index in [0.717, 1.165) is 11.1 Å². The number of benzene rings is 2. The molecule has 5 heteroatoms. The van der Waals surface area contributed by atoms with Crippen LogP contribution >= 0.6 is 0 Å². The lowest BCUT2D eigenvalue weighted by molar-refractivity contribution is -0.186. The van der Waals surface area contributed by atoms with Gasteiger partial charge in [-0.15, -0.1) is 0 Å². The third kappa shape index (κ3) is 5.07. The Morgan fingerprint density at radius 1 is 1.00 bits per heavy atom. The molecular formula is C17H17F3O2. The molecule has 0 aliphatic heterocycles. The van der Waals surface area contributed by atoms with Crippen LogP contribution in [0.1, 0.15) is 17.2 Å². The lowest BCUT2D eigenvalue weighted by Crippen LogP contribution is -2.20. The molecule has 0 aliphatic rings. The number of halogens is 3. The summed E-state index contributed by atoms with van der Waals surface area (Å²) in [6.45, 7) is -1.27. The van der Waals surface area contributed by atoms with E-state index in [1.165, 1.54) is 0 Å². The maximum Gasteiger partial charge on any atom is 0.411 e. The van der Waals surface area contributed by atoms with Crippen molar-refractivity contribution in [1.82, 2.24) is 0 Å². The largest absolute Gasteiger partial charge is 0.497 e. The van der Waals surface area contributed by atoms with Crippen LogP contribution in [0.2, 0.25) is 0 Å². The van der Waals surface area contributed by atoms with E-state index in [-0.39, 0.29) is 0 Å². The highest BCUT2D eigenvalue weighted by Gasteiger charge is 2.29. The van der Waals surface area contributed by atoms with Crippen molar-refractivity contribution in [3.05, 3.63) is 65.7 Å². The highest BCUT2D eigenvalue weighted by Crippen LogP contribution is 2.27. The van der Waals surface area contributed by atoms with E-state index in [0.29, 0.717) is 12.2 Å². The lowest BCUT2D eigenvalue weighted by Gasteiger charge is -2.20. The molecule has 2 nitrogen and oxygen atoms in total. The zero-order valence-corrected chi connectivity index (χ0v) is 12.1. The molecule has 0 saturated heterocycles. The summed E-state index contributed by atoms with van der Waals surface area (Å²) in [5.74, 6) is 0.667. The van der Waals surface area contributed by atoms with Crippen LogP contribution in [0.5, 0.6) is 5.75 Å². The van der Waals surface area contributed by atoms with Crippen molar-refractivity contribution in [3.63, 3.8) is 0 Å². The molecule has 0 aliphatic carbocycles. The molecule has 0 radical (unpaired) electrons. The average molecular weight is 310 g/mol. The minimum Gasteiger partial charge on any atom is -0.497 e. The van der Waals surface area contributed by atoms with E-state index in [9.17, 15) is 13.2 Å². The molecular weight excluding hydrogens is 293 g/mol. The van der Waals surface area contributed by atoms with Crippen molar-refractivity contribution in [1.29, 1.82) is 0 Å². The van der Waals surface area contributed by atoms with Crippen LogP contribution < -0.4 is 4.74 Å². The number of hydrogen-bond donors (Lipinski definition) is 0. The first-order chi connectivity index (χ1) is 10.5. The number of methoxy groups -OCH3 is 1. The summed E-state index contributed by atoms with van der Waals surface area (Å²) in [5, 5.41) is 0. The van der Waals surface area contributed by atoms with E-state index in [2.05, 4.69) is 0 Å². The summed E-state index contributed by atoms with van der Waals surface area (Å²) in [5.41, 5.74) is 1.57. The second-order valence-electron chi connectivity index (χ2n) is 4.88. The van der Waals surface area contributed by atoms with Gasteiger partial charge in [-0.2, -0.15) is 13.2 Å². The van der Waals surface area contributed by atoms with Crippen molar-refractivity contribution >= 4 is 0 Å². The smallest absolute Gasteiger partial charge is 0.411 e. The molecule has 0 fully saturated rings. The predicted octanol–water partition coefficient (Wildman–Crippen LogP) is 4.56. The fraction of sp³-hybridized carbons (Fsp3) is 0.294. The Balaban J connectivity index is 2.16. The maximum atomic E-state index is 12.4. The van der Waals surface area contributed by atoms with Crippen molar-refractivity contribution in [3.8, 4) is 5.75 Å². The van der Waals surface area contributed by atoms with Gasteiger partial charge in [0.1, 0.15) is 12.4 Å². The molecule has 0 amide bonds. The quantitative estimate of drug-likeness (QED) is 0.779. The molecule has 22 heavy (non-hydrogen) atoms. The molecule has 0 heterocycles. The third-order valence-corrected chi connectivity index (χ3v) is 3.17. The molecule has 0 aromatic heterocycles. The highest BCUT2D eigenvalue weighted by atomic mass is 19.4. The van der Waals surface area contributed by atoms with Crippen molar-refractivity contribution in [2.75, 3.05) is 13.7 Å². The Hall–Kier alpha value is -2.01. The van der Waals surface area contributed by atoms with Crippen LogP contribution in [0, 0.1) is 0 Å². The summed E-state index contributed by atoms with van der Waals surface area (Å²) >= 11 is 0. The normalized spacial score (nSPS) is 12.9. The average Bonchev–Trinajstić information content (AvgIpc) is 2.51. The first kappa shape index (κ1) is 16.4. The Bertz CT molecular complexity index is 582. The highest BCUT2D eigenvalue weighted by molar-refractivity contribution is 5.30. The molecule has 0 saturated carbocycles.